The van der Waals surface area contributed by atoms with E-state index in [1.54, 1.807) is 23.2 Å². The van der Waals surface area contributed by atoms with Gasteiger partial charge in [-0.25, -0.2) is 9.18 Å². The first-order chi connectivity index (χ1) is 18.2. The molecule has 1 unspecified atom stereocenters. The van der Waals surface area contributed by atoms with E-state index in [-0.39, 0.29) is 23.1 Å². The fourth-order valence-corrected chi connectivity index (χ4v) is 4.55. The van der Waals surface area contributed by atoms with Gasteiger partial charge < -0.3 is 33.2 Å². The third-order valence-corrected chi connectivity index (χ3v) is 6.60. The van der Waals surface area contributed by atoms with E-state index >= 15 is 0 Å². The molecule has 2 amide bonds. The fraction of sp³-hybridized carbons (Fsp3) is 0.333. The van der Waals surface area contributed by atoms with Crippen molar-refractivity contribution in [3.63, 3.8) is 0 Å². The van der Waals surface area contributed by atoms with Crippen molar-refractivity contribution in [2.24, 2.45) is 22.2 Å². The molecule has 0 saturated heterocycles. The van der Waals surface area contributed by atoms with Gasteiger partial charge in [0.15, 0.2) is 11.8 Å². The van der Waals surface area contributed by atoms with E-state index in [1.807, 2.05) is 37.3 Å². The SMILES string of the molecule is C[C@@H](N)CCc1cc(Cl)c(F)c(C2=CC3=CN(c4ccc(CNCCCN=C(N)N)cc4)C(=O)NC3N2)c1. The van der Waals surface area contributed by atoms with Crippen LogP contribution >= 0.6 is 11.6 Å². The highest BCUT2D eigenvalue weighted by atomic mass is 35.5. The summed E-state index contributed by atoms with van der Waals surface area (Å²) in [6.07, 6.45) is 5.43. The van der Waals surface area contributed by atoms with Crippen molar-refractivity contribution >= 4 is 35.0 Å². The minimum Gasteiger partial charge on any atom is -0.370 e. The van der Waals surface area contributed by atoms with E-state index in [0.29, 0.717) is 30.8 Å². The number of rotatable bonds is 11. The van der Waals surface area contributed by atoms with Gasteiger partial charge in [-0.1, -0.05) is 23.7 Å². The molecule has 2 aromatic carbocycles. The van der Waals surface area contributed by atoms with Gasteiger partial charge in [-0.05, 0) is 74.2 Å². The van der Waals surface area contributed by atoms with Gasteiger partial charge in [-0.2, -0.15) is 0 Å². The molecule has 2 aromatic rings. The number of hydrogen-bond donors (Lipinski definition) is 6. The normalized spacial score (nSPS) is 17.2. The van der Waals surface area contributed by atoms with Gasteiger partial charge in [0.2, 0.25) is 0 Å². The summed E-state index contributed by atoms with van der Waals surface area (Å²) in [5.41, 5.74) is 21.0. The Kier molecular flexibility index (Phi) is 8.88. The molecular weight excluding hydrogens is 507 g/mol. The highest BCUT2D eigenvalue weighted by Gasteiger charge is 2.32. The number of carbonyl (C=O) groups excluding carboxylic acids is 1. The molecule has 0 fully saturated rings. The van der Waals surface area contributed by atoms with Crippen LogP contribution in [-0.2, 0) is 13.0 Å². The lowest BCUT2D eigenvalue weighted by molar-refractivity contribution is 0.244. The standard InChI is InChI=1S/C27H34ClFN8O/c1-16(30)3-4-18-11-21(24(29)22(28)12-18)23-13-19-15-37(27(38)36-25(19)35-23)20-7-5-17(6-8-20)14-33-9-2-10-34-26(31)32/h5-8,11-13,15-16,25,33,35H,2-4,9-10,14,30H2,1H3,(H,36,38)(H4,31,32,34)/t16-,25?/m1/s1. The predicted molar refractivity (Wildman–Crippen MR) is 151 cm³/mol. The van der Waals surface area contributed by atoms with Crippen molar-refractivity contribution in [2.45, 2.75) is 44.9 Å². The van der Waals surface area contributed by atoms with Crippen molar-refractivity contribution in [3.05, 3.63) is 81.8 Å². The molecule has 2 aliphatic rings. The summed E-state index contributed by atoms with van der Waals surface area (Å²) in [6, 6.07) is 10.9. The number of guanidine groups is 1. The molecule has 2 heterocycles. The number of halogens is 2. The van der Waals surface area contributed by atoms with Crippen LogP contribution in [0.25, 0.3) is 5.70 Å². The van der Waals surface area contributed by atoms with Crippen LogP contribution in [0, 0.1) is 5.82 Å². The number of aliphatic imine (C=N–C) groups is 1. The summed E-state index contributed by atoms with van der Waals surface area (Å²) in [7, 11) is 0. The zero-order valence-electron chi connectivity index (χ0n) is 21.3. The zero-order valence-corrected chi connectivity index (χ0v) is 22.1. The Bertz CT molecular complexity index is 1250. The third kappa shape index (κ3) is 6.83. The number of nitrogens with zero attached hydrogens (tertiary/aromatic N) is 2. The highest BCUT2D eigenvalue weighted by Crippen LogP contribution is 2.32. The molecule has 0 spiro atoms. The molecule has 38 heavy (non-hydrogen) atoms. The van der Waals surface area contributed by atoms with E-state index in [0.717, 1.165) is 41.8 Å². The van der Waals surface area contributed by atoms with Crippen LogP contribution in [0.1, 0.15) is 36.5 Å². The molecular formula is C27H34ClFN8O. The lowest BCUT2D eigenvalue weighted by Gasteiger charge is -2.29. The first-order valence-electron chi connectivity index (χ1n) is 12.6. The van der Waals surface area contributed by atoms with Crippen LogP contribution in [0.15, 0.2) is 59.2 Å². The summed E-state index contributed by atoms with van der Waals surface area (Å²) in [5.74, 6) is -0.402. The monoisotopic (exact) mass is 540 g/mol. The van der Waals surface area contributed by atoms with Crippen molar-refractivity contribution in [1.82, 2.24) is 16.0 Å². The summed E-state index contributed by atoms with van der Waals surface area (Å²) >= 11 is 6.20. The summed E-state index contributed by atoms with van der Waals surface area (Å²) in [6.45, 7) is 3.98. The third-order valence-electron chi connectivity index (χ3n) is 6.33. The molecule has 202 valence electrons. The van der Waals surface area contributed by atoms with Crippen molar-refractivity contribution < 1.29 is 9.18 Å². The van der Waals surface area contributed by atoms with Crippen LogP contribution in [0.5, 0.6) is 0 Å². The molecule has 0 saturated carbocycles. The molecule has 2 atom stereocenters. The van der Waals surface area contributed by atoms with Gasteiger partial charge in [0, 0.05) is 42.2 Å². The Balaban J connectivity index is 1.44. The predicted octanol–water partition coefficient (Wildman–Crippen LogP) is 2.90. The van der Waals surface area contributed by atoms with Gasteiger partial charge in [0.1, 0.15) is 6.17 Å². The second-order valence-electron chi connectivity index (χ2n) is 9.54. The first-order valence-corrected chi connectivity index (χ1v) is 13.0. The van der Waals surface area contributed by atoms with E-state index in [1.165, 1.54) is 0 Å². The van der Waals surface area contributed by atoms with Crippen LogP contribution in [0.2, 0.25) is 5.02 Å². The molecule has 0 aromatic heterocycles. The molecule has 9 nitrogen and oxygen atoms in total. The van der Waals surface area contributed by atoms with Gasteiger partial charge in [-0.15, -0.1) is 0 Å². The lowest BCUT2D eigenvalue weighted by atomic mass is 10.0. The number of nitrogens with one attached hydrogen (secondary N) is 3. The largest absolute Gasteiger partial charge is 0.370 e. The highest BCUT2D eigenvalue weighted by molar-refractivity contribution is 6.31. The first kappa shape index (κ1) is 27.4. The Morgan fingerprint density at radius 1 is 1.21 bits per heavy atom. The number of urea groups is 1. The maximum Gasteiger partial charge on any atom is 0.327 e. The average Bonchev–Trinajstić information content (AvgIpc) is 3.29. The quantitative estimate of drug-likeness (QED) is 0.147. The Morgan fingerprint density at radius 3 is 2.68 bits per heavy atom. The number of nitrogens with two attached hydrogens (primary N) is 3. The maximum atomic E-state index is 15.0. The van der Waals surface area contributed by atoms with Gasteiger partial charge in [0.25, 0.3) is 0 Å². The molecule has 0 bridgehead atoms. The number of benzene rings is 2. The number of fused-ring (bicyclic) bond motifs is 1. The Labute approximate surface area is 227 Å². The fourth-order valence-electron chi connectivity index (χ4n) is 4.31. The summed E-state index contributed by atoms with van der Waals surface area (Å²) in [5, 5.41) is 9.54. The zero-order chi connectivity index (χ0) is 27.2. The van der Waals surface area contributed by atoms with Crippen LogP contribution < -0.4 is 38.1 Å². The molecule has 11 heteroatoms. The number of carbonyl (C=O) groups is 1. The summed E-state index contributed by atoms with van der Waals surface area (Å²) < 4.78 is 15.0. The molecule has 0 aliphatic carbocycles. The van der Waals surface area contributed by atoms with E-state index < -0.39 is 12.0 Å². The number of aryl methyl sites for hydroxylation is 1. The minimum absolute atomic E-state index is 0.0348. The molecule has 0 radical (unpaired) electrons. The smallest absolute Gasteiger partial charge is 0.327 e. The number of hydrogen-bond acceptors (Lipinski definition) is 5. The Hall–Kier alpha value is -3.60. The molecule has 9 N–H and O–H groups in total. The minimum atomic E-state index is -0.502. The summed E-state index contributed by atoms with van der Waals surface area (Å²) in [4.78, 5) is 18.4. The topological polar surface area (TPSA) is 147 Å². The van der Waals surface area contributed by atoms with Gasteiger partial charge in [0.05, 0.1) is 10.7 Å². The lowest BCUT2D eigenvalue weighted by Crippen LogP contribution is -2.51. The Morgan fingerprint density at radius 2 is 1.97 bits per heavy atom. The van der Waals surface area contributed by atoms with Crippen molar-refractivity contribution in [1.29, 1.82) is 0 Å². The molecule has 2 aliphatic heterocycles. The van der Waals surface area contributed by atoms with Gasteiger partial charge in [-0.3, -0.25) is 9.89 Å². The second-order valence-corrected chi connectivity index (χ2v) is 9.95. The van der Waals surface area contributed by atoms with Crippen molar-refractivity contribution in [2.75, 3.05) is 18.0 Å². The average molecular weight is 541 g/mol. The van der Waals surface area contributed by atoms with Gasteiger partial charge >= 0.3 is 6.03 Å². The van der Waals surface area contributed by atoms with Crippen LogP contribution in [0.4, 0.5) is 14.9 Å². The second kappa shape index (κ2) is 12.3. The number of amides is 2. The van der Waals surface area contributed by atoms with E-state index in [2.05, 4.69) is 20.9 Å². The number of anilines is 1. The van der Waals surface area contributed by atoms with Crippen LogP contribution in [0.3, 0.4) is 0 Å². The van der Waals surface area contributed by atoms with E-state index in [4.69, 9.17) is 28.8 Å². The molecule has 4 rings (SSSR count). The van der Waals surface area contributed by atoms with E-state index in [9.17, 15) is 9.18 Å². The van der Waals surface area contributed by atoms with Crippen molar-refractivity contribution in [3.8, 4) is 0 Å². The van der Waals surface area contributed by atoms with Crippen LogP contribution in [-0.4, -0.2) is 37.3 Å². The maximum absolute atomic E-state index is 15.0.